The van der Waals surface area contributed by atoms with Crippen LogP contribution in [0, 0.1) is 0 Å². The lowest BCUT2D eigenvalue weighted by atomic mass is 9.78. The van der Waals surface area contributed by atoms with Gasteiger partial charge in [-0.3, -0.25) is 10.4 Å². The van der Waals surface area contributed by atoms with E-state index in [1.807, 2.05) is 52.9 Å². The molecule has 1 N–H and O–H groups in total. The zero-order valence-electron chi connectivity index (χ0n) is 18.8. The van der Waals surface area contributed by atoms with Crippen LogP contribution in [0.5, 0.6) is 0 Å². The average Bonchev–Trinajstić information content (AvgIpc) is 3.29. The molecular weight excluding hydrogens is 510 g/mol. The van der Waals surface area contributed by atoms with Gasteiger partial charge in [-0.15, -0.1) is 11.3 Å². The molecule has 186 valence electrons. The van der Waals surface area contributed by atoms with Gasteiger partial charge in [0.2, 0.25) is 0 Å². The average molecular weight is 527 g/mol. The Morgan fingerprint density at radius 2 is 1.41 bits per heavy atom. The number of hydrogen-bond acceptors (Lipinski definition) is 3. The molecule has 2 aliphatic heterocycles. The van der Waals surface area contributed by atoms with E-state index in [4.69, 9.17) is 0 Å². The Kier molecular flexibility index (Phi) is 4.50. The van der Waals surface area contributed by atoms with E-state index in [9.17, 15) is 26.3 Å². The van der Waals surface area contributed by atoms with Crippen LogP contribution in [0.4, 0.5) is 26.3 Å². The van der Waals surface area contributed by atoms with Gasteiger partial charge in [-0.1, -0.05) is 36.4 Å². The van der Waals surface area contributed by atoms with Gasteiger partial charge in [0.05, 0.1) is 33.4 Å². The highest BCUT2D eigenvalue weighted by Gasteiger charge is 2.43. The molecule has 7 rings (SSSR count). The summed E-state index contributed by atoms with van der Waals surface area (Å²) in [4.78, 5) is 1.04. The molecule has 0 bridgehead atoms. The minimum absolute atomic E-state index is 0.0907. The quantitative estimate of drug-likeness (QED) is 0.238. The van der Waals surface area contributed by atoms with E-state index < -0.39 is 23.5 Å². The van der Waals surface area contributed by atoms with Gasteiger partial charge in [0.1, 0.15) is 0 Å². The summed E-state index contributed by atoms with van der Waals surface area (Å²) in [6, 6.07) is 15.1. The molecule has 3 aromatic carbocycles. The third-order valence-corrected chi connectivity index (χ3v) is 8.15. The fourth-order valence-electron chi connectivity index (χ4n) is 5.41. The Morgan fingerprint density at radius 1 is 0.757 bits per heavy atom. The van der Waals surface area contributed by atoms with E-state index in [1.165, 1.54) is 5.56 Å². The Morgan fingerprint density at radius 3 is 2.00 bits per heavy atom. The highest BCUT2D eigenvalue weighted by atomic mass is 32.1. The molecule has 0 saturated heterocycles. The molecule has 0 spiro atoms. The fourth-order valence-corrected chi connectivity index (χ4v) is 6.42. The Hall–Kier alpha value is -3.72. The van der Waals surface area contributed by atoms with Crippen molar-refractivity contribution in [2.75, 3.05) is 0 Å². The number of halogens is 6. The van der Waals surface area contributed by atoms with Gasteiger partial charge in [0, 0.05) is 21.9 Å². The van der Waals surface area contributed by atoms with Crippen LogP contribution in [-0.4, -0.2) is 11.1 Å². The molecule has 3 heterocycles. The van der Waals surface area contributed by atoms with Gasteiger partial charge in [0.25, 0.3) is 0 Å². The van der Waals surface area contributed by atoms with E-state index in [-0.39, 0.29) is 29.3 Å². The highest BCUT2D eigenvalue weighted by molar-refractivity contribution is 7.11. The van der Waals surface area contributed by atoms with Crippen molar-refractivity contribution in [3.05, 3.63) is 116 Å². The lowest BCUT2D eigenvalue weighted by molar-refractivity contribution is -0.143. The number of nitrogens with zero attached hydrogens (tertiary/aromatic N) is 1. The van der Waals surface area contributed by atoms with Gasteiger partial charge in [-0.2, -0.15) is 26.3 Å². The van der Waals surface area contributed by atoms with Crippen LogP contribution >= 0.6 is 11.3 Å². The molecular formula is C28H16F6N2S. The second-order valence-corrected chi connectivity index (χ2v) is 10.3. The summed E-state index contributed by atoms with van der Waals surface area (Å²) in [6.45, 7) is 0. The molecule has 0 radical (unpaired) electrons. The monoisotopic (exact) mass is 526 g/mol. The maximum absolute atomic E-state index is 13.7. The van der Waals surface area contributed by atoms with Gasteiger partial charge in [0.15, 0.2) is 0 Å². The SMILES string of the molecule is FC(F)(F)c1cc(C2=c3cc4ccccc4cc3=C3c4sccc4C4C=CC4N3N2)cc(C(F)(F)F)c1. The first-order valence-electron chi connectivity index (χ1n) is 11.5. The molecule has 37 heavy (non-hydrogen) atoms. The van der Waals surface area contributed by atoms with Crippen LogP contribution in [0.2, 0.25) is 0 Å². The Balaban J connectivity index is 1.62. The number of alkyl halides is 6. The van der Waals surface area contributed by atoms with E-state index in [0.717, 1.165) is 38.7 Å². The second-order valence-electron chi connectivity index (χ2n) is 9.35. The molecule has 0 fully saturated rings. The van der Waals surface area contributed by atoms with Crippen molar-refractivity contribution >= 4 is 33.5 Å². The summed E-state index contributed by atoms with van der Waals surface area (Å²) in [5.74, 6) is 0.0907. The molecule has 2 unspecified atom stereocenters. The lowest BCUT2D eigenvalue weighted by Gasteiger charge is -2.47. The number of fused-ring (bicyclic) bond motifs is 8. The molecule has 2 atom stereocenters. The number of rotatable bonds is 1. The lowest BCUT2D eigenvalue weighted by Crippen LogP contribution is -2.57. The summed E-state index contributed by atoms with van der Waals surface area (Å²) < 4.78 is 82.3. The topological polar surface area (TPSA) is 15.3 Å². The summed E-state index contributed by atoms with van der Waals surface area (Å²) in [5.41, 5.74) is 2.65. The van der Waals surface area contributed by atoms with Crippen LogP contribution in [0.25, 0.3) is 22.2 Å². The minimum atomic E-state index is -4.94. The van der Waals surface area contributed by atoms with Gasteiger partial charge in [-0.25, -0.2) is 0 Å². The number of hydrazine groups is 1. The second kappa shape index (κ2) is 7.41. The Labute approximate surface area is 210 Å². The largest absolute Gasteiger partial charge is 0.416 e. The minimum Gasteiger partial charge on any atom is -0.296 e. The predicted octanol–water partition coefficient (Wildman–Crippen LogP) is 6.11. The smallest absolute Gasteiger partial charge is 0.296 e. The molecule has 2 nitrogen and oxygen atoms in total. The summed E-state index contributed by atoms with van der Waals surface area (Å²) in [5, 5.41) is 6.98. The Bertz CT molecular complexity index is 1730. The molecule has 1 aromatic heterocycles. The van der Waals surface area contributed by atoms with Crippen molar-refractivity contribution in [3.63, 3.8) is 0 Å². The van der Waals surface area contributed by atoms with Crippen molar-refractivity contribution in [3.8, 4) is 0 Å². The number of thiophene rings is 1. The van der Waals surface area contributed by atoms with Crippen molar-refractivity contribution in [2.45, 2.75) is 24.3 Å². The molecule has 0 saturated carbocycles. The van der Waals surface area contributed by atoms with Crippen molar-refractivity contribution in [1.29, 1.82) is 0 Å². The molecule has 1 aliphatic carbocycles. The normalized spacial score (nSPS) is 20.1. The van der Waals surface area contributed by atoms with Crippen LogP contribution in [0.15, 0.2) is 78.2 Å². The molecule has 3 aliphatic rings. The standard InChI is InChI=1S/C28H16F6N2S/c29-27(30,31)17-9-16(10-18(13-17)28(32,33)34)24-21-11-14-3-1-2-4-15(14)12-22(21)25-26-20(7-8-37-26)19-5-6-23(19)36(25)35-24/h1-13,19,23,35H. The van der Waals surface area contributed by atoms with Crippen LogP contribution in [-0.2, 0) is 12.4 Å². The summed E-state index contributed by atoms with van der Waals surface area (Å²) in [6.07, 6.45) is -5.81. The van der Waals surface area contributed by atoms with Crippen LogP contribution in [0.3, 0.4) is 0 Å². The predicted molar refractivity (Wildman–Crippen MR) is 130 cm³/mol. The van der Waals surface area contributed by atoms with Crippen molar-refractivity contribution < 1.29 is 26.3 Å². The van der Waals surface area contributed by atoms with Gasteiger partial charge >= 0.3 is 12.4 Å². The third kappa shape index (κ3) is 3.33. The molecule has 0 amide bonds. The highest BCUT2D eigenvalue weighted by Crippen LogP contribution is 2.47. The zero-order chi connectivity index (χ0) is 25.7. The van der Waals surface area contributed by atoms with Crippen LogP contribution < -0.4 is 15.9 Å². The first-order valence-corrected chi connectivity index (χ1v) is 12.4. The first-order chi connectivity index (χ1) is 17.6. The zero-order valence-corrected chi connectivity index (χ0v) is 19.6. The van der Waals surface area contributed by atoms with E-state index in [2.05, 4.69) is 17.6 Å². The number of nitrogens with one attached hydrogen (secondary N) is 1. The van der Waals surface area contributed by atoms with Crippen LogP contribution in [0.1, 0.15) is 33.0 Å². The molecule has 9 heteroatoms. The van der Waals surface area contributed by atoms with E-state index in [1.54, 1.807) is 11.3 Å². The number of hydrogen-bond donors (Lipinski definition) is 1. The fraction of sp³-hybridized carbons (Fsp3) is 0.143. The summed E-state index contributed by atoms with van der Waals surface area (Å²) in [7, 11) is 0. The molecule has 4 aromatic rings. The van der Waals surface area contributed by atoms with Gasteiger partial charge < -0.3 is 0 Å². The maximum Gasteiger partial charge on any atom is 0.416 e. The first kappa shape index (κ1) is 22.5. The van der Waals surface area contributed by atoms with Crippen molar-refractivity contribution in [1.82, 2.24) is 10.4 Å². The third-order valence-electron chi connectivity index (χ3n) is 7.21. The van der Waals surface area contributed by atoms with Gasteiger partial charge in [-0.05, 0) is 58.1 Å². The maximum atomic E-state index is 13.7. The van der Waals surface area contributed by atoms with E-state index in [0.29, 0.717) is 5.22 Å². The van der Waals surface area contributed by atoms with Crippen molar-refractivity contribution in [2.24, 2.45) is 0 Å². The number of benzene rings is 3. The summed E-state index contributed by atoms with van der Waals surface area (Å²) >= 11 is 1.57. The van der Waals surface area contributed by atoms with E-state index >= 15 is 0 Å².